The lowest BCUT2D eigenvalue weighted by molar-refractivity contribution is -0.117. The van der Waals surface area contributed by atoms with Crippen LogP contribution in [0.25, 0.3) is 0 Å². The zero-order chi connectivity index (χ0) is 18.7. The lowest BCUT2D eigenvalue weighted by Crippen LogP contribution is -2.44. The number of hydrogen-bond acceptors (Lipinski definition) is 4. The molecule has 0 saturated heterocycles. The SMILES string of the molecule is CC(C(=O)Nc1ccc(OC(F)F)cc1)N1CCCc2c(N)cccc21. The average Bonchev–Trinajstić information content (AvgIpc) is 2.62. The summed E-state index contributed by atoms with van der Waals surface area (Å²) >= 11 is 0. The van der Waals surface area contributed by atoms with E-state index in [2.05, 4.69) is 10.1 Å². The molecule has 2 aromatic carbocycles. The third kappa shape index (κ3) is 3.87. The van der Waals surface area contributed by atoms with Crippen LogP contribution in [-0.2, 0) is 11.2 Å². The molecule has 1 amide bonds. The summed E-state index contributed by atoms with van der Waals surface area (Å²) in [6.07, 6.45) is 1.83. The summed E-state index contributed by atoms with van der Waals surface area (Å²) in [6, 6.07) is 11.2. The third-order valence-electron chi connectivity index (χ3n) is 4.52. The van der Waals surface area contributed by atoms with Gasteiger partial charge in [0.1, 0.15) is 11.8 Å². The fourth-order valence-electron chi connectivity index (χ4n) is 3.19. The number of nitrogens with zero attached hydrogens (tertiary/aromatic N) is 1. The van der Waals surface area contributed by atoms with E-state index < -0.39 is 12.7 Å². The molecule has 138 valence electrons. The van der Waals surface area contributed by atoms with Crippen LogP contribution >= 0.6 is 0 Å². The van der Waals surface area contributed by atoms with Gasteiger partial charge in [-0.25, -0.2) is 0 Å². The number of nitrogens with two attached hydrogens (primary N) is 1. The van der Waals surface area contributed by atoms with Gasteiger partial charge in [-0.05, 0) is 61.7 Å². The van der Waals surface area contributed by atoms with Gasteiger partial charge in [0, 0.05) is 23.6 Å². The quantitative estimate of drug-likeness (QED) is 0.798. The first-order valence-electron chi connectivity index (χ1n) is 8.45. The van der Waals surface area contributed by atoms with Gasteiger partial charge in [0.2, 0.25) is 5.91 Å². The summed E-state index contributed by atoms with van der Waals surface area (Å²) in [4.78, 5) is 14.7. The van der Waals surface area contributed by atoms with Crippen molar-refractivity contribution in [3.8, 4) is 5.75 Å². The molecule has 1 aliphatic rings. The maximum absolute atomic E-state index is 12.6. The second-order valence-electron chi connectivity index (χ2n) is 6.21. The zero-order valence-corrected chi connectivity index (χ0v) is 14.4. The van der Waals surface area contributed by atoms with E-state index in [4.69, 9.17) is 5.73 Å². The Morgan fingerprint density at radius 1 is 1.23 bits per heavy atom. The molecule has 0 radical (unpaired) electrons. The van der Waals surface area contributed by atoms with Crippen molar-refractivity contribution in [2.24, 2.45) is 0 Å². The fraction of sp³-hybridized carbons (Fsp3) is 0.316. The number of rotatable bonds is 5. The number of fused-ring (bicyclic) bond motifs is 1. The van der Waals surface area contributed by atoms with Crippen LogP contribution in [0.3, 0.4) is 0 Å². The number of benzene rings is 2. The summed E-state index contributed by atoms with van der Waals surface area (Å²) < 4.78 is 28.7. The van der Waals surface area contributed by atoms with E-state index in [-0.39, 0.29) is 11.7 Å². The molecule has 7 heteroatoms. The Bertz CT molecular complexity index is 781. The van der Waals surface area contributed by atoms with Gasteiger partial charge in [0.15, 0.2) is 0 Å². The first-order valence-corrected chi connectivity index (χ1v) is 8.45. The van der Waals surface area contributed by atoms with Gasteiger partial charge in [-0.3, -0.25) is 4.79 Å². The molecule has 0 fully saturated rings. The number of ether oxygens (including phenoxy) is 1. The van der Waals surface area contributed by atoms with Crippen molar-refractivity contribution in [3.05, 3.63) is 48.0 Å². The van der Waals surface area contributed by atoms with Crippen LogP contribution in [0.1, 0.15) is 18.9 Å². The molecule has 3 rings (SSSR count). The van der Waals surface area contributed by atoms with Crippen LogP contribution in [0, 0.1) is 0 Å². The number of halogens is 2. The molecule has 1 atom stereocenters. The molecule has 0 aliphatic carbocycles. The Morgan fingerprint density at radius 3 is 2.65 bits per heavy atom. The van der Waals surface area contributed by atoms with Crippen molar-refractivity contribution in [3.63, 3.8) is 0 Å². The molecule has 2 aromatic rings. The van der Waals surface area contributed by atoms with E-state index in [0.29, 0.717) is 5.69 Å². The average molecular weight is 361 g/mol. The highest BCUT2D eigenvalue weighted by molar-refractivity contribution is 5.97. The van der Waals surface area contributed by atoms with E-state index in [1.165, 1.54) is 24.3 Å². The van der Waals surface area contributed by atoms with Crippen LogP contribution in [0.15, 0.2) is 42.5 Å². The maximum atomic E-state index is 12.6. The number of nitrogens with one attached hydrogen (secondary N) is 1. The molecular formula is C19H21F2N3O2. The highest BCUT2D eigenvalue weighted by atomic mass is 19.3. The predicted octanol–water partition coefficient (Wildman–Crippen LogP) is 3.65. The highest BCUT2D eigenvalue weighted by Gasteiger charge is 2.27. The topological polar surface area (TPSA) is 67.6 Å². The number of alkyl halides is 2. The number of carbonyl (C=O) groups excluding carboxylic acids is 1. The molecule has 5 nitrogen and oxygen atoms in total. The van der Waals surface area contributed by atoms with Crippen LogP contribution in [0.2, 0.25) is 0 Å². The van der Waals surface area contributed by atoms with Crippen molar-refractivity contribution in [2.75, 3.05) is 22.5 Å². The molecule has 0 bridgehead atoms. The summed E-state index contributed by atoms with van der Waals surface area (Å²) in [5.41, 5.74) is 9.39. The minimum Gasteiger partial charge on any atom is -0.435 e. The Labute approximate surface area is 150 Å². The molecule has 26 heavy (non-hydrogen) atoms. The molecule has 0 saturated carbocycles. The second kappa shape index (κ2) is 7.59. The summed E-state index contributed by atoms with van der Waals surface area (Å²) in [5.74, 6) is -0.130. The number of anilines is 3. The summed E-state index contributed by atoms with van der Waals surface area (Å²) in [5, 5.41) is 2.81. The Balaban J connectivity index is 1.70. The van der Waals surface area contributed by atoms with Crippen LogP contribution in [-0.4, -0.2) is 25.1 Å². The van der Waals surface area contributed by atoms with Crippen LogP contribution in [0.5, 0.6) is 5.75 Å². The smallest absolute Gasteiger partial charge is 0.387 e. The monoisotopic (exact) mass is 361 g/mol. The van der Waals surface area contributed by atoms with E-state index in [1.54, 1.807) is 0 Å². The normalized spacial score (nSPS) is 14.7. The minimum absolute atomic E-state index is 0.0477. The van der Waals surface area contributed by atoms with Crippen LogP contribution in [0.4, 0.5) is 25.8 Å². The molecule has 0 aromatic heterocycles. The summed E-state index contributed by atoms with van der Waals surface area (Å²) in [7, 11) is 0. The number of hydrogen-bond donors (Lipinski definition) is 2. The standard InChI is InChI=1S/C19H21F2N3O2/c1-12(24-11-3-4-15-16(22)5-2-6-17(15)24)18(25)23-13-7-9-14(10-8-13)26-19(20)21/h2,5-10,12,19H,3-4,11,22H2,1H3,(H,23,25). The van der Waals surface area contributed by atoms with Crippen molar-refractivity contribution < 1.29 is 18.3 Å². The van der Waals surface area contributed by atoms with Gasteiger partial charge in [-0.15, -0.1) is 0 Å². The molecule has 1 unspecified atom stereocenters. The van der Waals surface area contributed by atoms with Gasteiger partial charge in [-0.2, -0.15) is 8.78 Å². The van der Waals surface area contributed by atoms with Crippen molar-refractivity contribution in [1.82, 2.24) is 0 Å². The van der Waals surface area contributed by atoms with Crippen molar-refractivity contribution >= 4 is 23.0 Å². The van der Waals surface area contributed by atoms with Gasteiger partial charge >= 0.3 is 6.61 Å². The minimum atomic E-state index is -2.87. The fourth-order valence-corrected chi connectivity index (χ4v) is 3.19. The molecule has 1 aliphatic heterocycles. The van der Waals surface area contributed by atoms with Crippen molar-refractivity contribution in [2.45, 2.75) is 32.4 Å². The number of carbonyl (C=O) groups is 1. The summed E-state index contributed by atoms with van der Waals surface area (Å²) in [6.45, 7) is -0.268. The van der Waals surface area contributed by atoms with Crippen LogP contribution < -0.4 is 20.7 Å². The lowest BCUT2D eigenvalue weighted by Gasteiger charge is -2.36. The Hall–Kier alpha value is -2.83. The Morgan fingerprint density at radius 2 is 1.96 bits per heavy atom. The van der Waals surface area contributed by atoms with Gasteiger partial charge in [-0.1, -0.05) is 6.07 Å². The van der Waals surface area contributed by atoms with E-state index >= 15 is 0 Å². The van der Waals surface area contributed by atoms with E-state index in [0.717, 1.165) is 36.3 Å². The first-order chi connectivity index (χ1) is 12.5. The van der Waals surface area contributed by atoms with Gasteiger partial charge in [0.05, 0.1) is 0 Å². The predicted molar refractivity (Wildman–Crippen MR) is 97.7 cm³/mol. The van der Waals surface area contributed by atoms with E-state index in [9.17, 15) is 13.6 Å². The molecular weight excluding hydrogens is 340 g/mol. The molecule has 3 N–H and O–H groups in total. The van der Waals surface area contributed by atoms with E-state index in [1.807, 2.05) is 30.0 Å². The largest absolute Gasteiger partial charge is 0.435 e. The van der Waals surface area contributed by atoms with Crippen molar-refractivity contribution in [1.29, 1.82) is 0 Å². The highest BCUT2D eigenvalue weighted by Crippen LogP contribution is 2.32. The first kappa shape index (κ1) is 18.0. The number of amides is 1. The molecule has 0 spiro atoms. The number of nitrogen functional groups attached to an aromatic ring is 1. The Kier molecular flexibility index (Phi) is 5.25. The maximum Gasteiger partial charge on any atom is 0.387 e. The molecule has 1 heterocycles. The third-order valence-corrected chi connectivity index (χ3v) is 4.52. The second-order valence-corrected chi connectivity index (χ2v) is 6.21. The van der Waals surface area contributed by atoms with Gasteiger partial charge in [0.25, 0.3) is 0 Å². The van der Waals surface area contributed by atoms with Gasteiger partial charge < -0.3 is 20.7 Å². The lowest BCUT2D eigenvalue weighted by atomic mass is 9.98. The zero-order valence-electron chi connectivity index (χ0n) is 14.4.